The number of carbonyl (C=O) groups is 4. The number of ketones is 1. The molecule has 0 bridgehead atoms. The Balaban J connectivity index is 1.44. The molecule has 0 spiro atoms. The minimum absolute atomic E-state index is 0.00643. The highest BCUT2D eigenvalue weighted by atomic mass is 16.5. The highest BCUT2D eigenvalue weighted by Gasteiger charge is 2.34. The van der Waals surface area contributed by atoms with Crippen molar-refractivity contribution in [1.29, 1.82) is 0 Å². The number of nitrogens with zero attached hydrogens (tertiary/aromatic N) is 1. The predicted molar refractivity (Wildman–Crippen MR) is 111 cm³/mol. The van der Waals surface area contributed by atoms with Gasteiger partial charge < -0.3 is 4.74 Å². The Hall–Kier alpha value is -3.28. The highest BCUT2D eigenvalue weighted by Crippen LogP contribution is 2.23. The van der Waals surface area contributed by atoms with Gasteiger partial charge in [0.05, 0.1) is 11.1 Å². The molecule has 2 aromatic carbocycles. The minimum atomic E-state index is -0.536. The second kappa shape index (κ2) is 8.61. The van der Waals surface area contributed by atoms with E-state index in [1.807, 2.05) is 12.1 Å². The molecule has 3 rings (SSSR count). The van der Waals surface area contributed by atoms with Crippen molar-refractivity contribution in [3.63, 3.8) is 0 Å². The number of amides is 2. The van der Waals surface area contributed by atoms with Crippen molar-refractivity contribution < 1.29 is 23.9 Å². The highest BCUT2D eigenvalue weighted by molar-refractivity contribution is 6.21. The van der Waals surface area contributed by atoms with Crippen molar-refractivity contribution in [3.05, 3.63) is 70.8 Å². The van der Waals surface area contributed by atoms with Crippen LogP contribution in [0.2, 0.25) is 0 Å². The van der Waals surface area contributed by atoms with Crippen molar-refractivity contribution in [2.75, 3.05) is 13.2 Å². The van der Waals surface area contributed by atoms with Crippen LogP contribution in [0.15, 0.2) is 48.5 Å². The molecule has 156 valence electrons. The summed E-state index contributed by atoms with van der Waals surface area (Å²) in [5.74, 6) is -1.51. The average Bonchev–Trinajstić information content (AvgIpc) is 2.96. The van der Waals surface area contributed by atoms with Crippen LogP contribution in [-0.4, -0.2) is 41.6 Å². The first-order valence-corrected chi connectivity index (χ1v) is 9.93. The number of rotatable bonds is 7. The second-order valence-electron chi connectivity index (χ2n) is 8.32. The lowest BCUT2D eigenvalue weighted by molar-refractivity contribution is -0.142. The molecule has 30 heavy (non-hydrogen) atoms. The zero-order valence-corrected chi connectivity index (χ0v) is 17.4. The summed E-state index contributed by atoms with van der Waals surface area (Å²) in [6, 6.07) is 13.9. The fraction of sp³-hybridized carbons (Fsp3) is 0.333. The number of carbonyl (C=O) groups excluding carboxylic acids is 4. The first-order valence-electron chi connectivity index (χ1n) is 9.93. The number of benzene rings is 2. The van der Waals surface area contributed by atoms with Crippen LogP contribution in [0.25, 0.3) is 0 Å². The van der Waals surface area contributed by atoms with Gasteiger partial charge in [-0.05, 0) is 29.5 Å². The van der Waals surface area contributed by atoms with Crippen LogP contribution in [0.5, 0.6) is 0 Å². The molecular weight excluding hydrogens is 382 g/mol. The molecule has 1 aliphatic rings. The lowest BCUT2D eigenvalue weighted by atomic mass is 9.86. The lowest BCUT2D eigenvalue weighted by Crippen LogP contribution is -2.31. The van der Waals surface area contributed by atoms with Gasteiger partial charge in [-0.15, -0.1) is 0 Å². The molecule has 2 amide bonds. The molecule has 0 saturated carbocycles. The standard InChI is InChI=1S/C24H25NO5/c1-24(2,3)17-12-10-16(11-13-17)20(26)15-30-21(27)9-6-14-25-22(28)18-7-4-5-8-19(18)23(25)29/h4-5,7-8,10-13H,6,9,14-15H2,1-3H3. The summed E-state index contributed by atoms with van der Waals surface area (Å²) in [7, 11) is 0. The Labute approximate surface area is 175 Å². The summed E-state index contributed by atoms with van der Waals surface area (Å²) < 4.78 is 5.06. The zero-order chi connectivity index (χ0) is 21.9. The molecule has 0 unspecified atom stereocenters. The maximum atomic E-state index is 12.3. The van der Waals surface area contributed by atoms with E-state index in [0.717, 1.165) is 10.5 Å². The topological polar surface area (TPSA) is 80.8 Å². The normalized spacial score (nSPS) is 13.4. The van der Waals surface area contributed by atoms with Gasteiger partial charge in [0.25, 0.3) is 11.8 Å². The third-order valence-corrected chi connectivity index (χ3v) is 5.08. The Bertz CT molecular complexity index is 950. The van der Waals surface area contributed by atoms with E-state index in [4.69, 9.17) is 4.74 Å². The van der Waals surface area contributed by atoms with Gasteiger partial charge in [-0.3, -0.25) is 24.1 Å². The monoisotopic (exact) mass is 407 g/mol. The Morgan fingerprint density at radius 2 is 1.47 bits per heavy atom. The minimum Gasteiger partial charge on any atom is -0.457 e. The van der Waals surface area contributed by atoms with Crippen LogP contribution in [0, 0.1) is 0 Å². The summed E-state index contributed by atoms with van der Waals surface area (Å²) >= 11 is 0. The van der Waals surface area contributed by atoms with E-state index < -0.39 is 5.97 Å². The van der Waals surface area contributed by atoms with E-state index in [9.17, 15) is 19.2 Å². The van der Waals surface area contributed by atoms with Gasteiger partial charge in [0.1, 0.15) is 0 Å². The maximum absolute atomic E-state index is 12.3. The zero-order valence-electron chi connectivity index (χ0n) is 17.4. The van der Waals surface area contributed by atoms with Gasteiger partial charge in [-0.2, -0.15) is 0 Å². The Morgan fingerprint density at radius 1 is 0.900 bits per heavy atom. The van der Waals surface area contributed by atoms with Crippen LogP contribution in [0.4, 0.5) is 0 Å². The second-order valence-corrected chi connectivity index (χ2v) is 8.32. The van der Waals surface area contributed by atoms with E-state index >= 15 is 0 Å². The van der Waals surface area contributed by atoms with E-state index in [1.54, 1.807) is 36.4 Å². The Morgan fingerprint density at radius 3 is 2.00 bits per heavy atom. The summed E-state index contributed by atoms with van der Waals surface area (Å²) in [6.07, 6.45) is 0.294. The molecule has 0 aromatic heterocycles. The summed E-state index contributed by atoms with van der Waals surface area (Å²) in [5.41, 5.74) is 2.36. The van der Waals surface area contributed by atoms with Crippen molar-refractivity contribution in [3.8, 4) is 0 Å². The third kappa shape index (κ3) is 4.64. The van der Waals surface area contributed by atoms with E-state index in [2.05, 4.69) is 20.8 Å². The Kier molecular flexibility index (Phi) is 6.15. The number of fused-ring (bicyclic) bond motifs is 1. The number of Topliss-reactive ketones (excluding diaryl/α,β-unsaturated/α-hetero) is 1. The van der Waals surface area contributed by atoms with Crippen LogP contribution >= 0.6 is 0 Å². The summed E-state index contributed by atoms with van der Waals surface area (Å²) in [5, 5.41) is 0. The SMILES string of the molecule is CC(C)(C)c1ccc(C(=O)COC(=O)CCCN2C(=O)c3ccccc3C2=O)cc1. The smallest absolute Gasteiger partial charge is 0.306 e. The number of esters is 1. The van der Waals surface area contributed by atoms with Crippen molar-refractivity contribution in [2.45, 2.75) is 39.0 Å². The first-order chi connectivity index (χ1) is 14.2. The molecule has 0 aliphatic carbocycles. The van der Waals surface area contributed by atoms with E-state index in [1.165, 1.54) is 0 Å². The lowest BCUT2D eigenvalue weighted by Gasteiger charge is -2.19. The van der Waals surface area contributed by atoms with Crippen molar-refractivity contribution in [1.82, 2.24) is 4.90 Å². The molecule has 0 atom stereocenters. The number of hydrogen-bond acceptors (Lipinski definition) is 5. The molecule has 0 N–H and O–H groups in total. The van der Waals surface area contributed by atoms with Gasteiger partial charge >= 0.3 is 5.97 Å². The first kappa shape index (κ1) is 21.4. The molecule has 0 saturated heterocycles. The van der Waals surface area contributed by atoms with E-state index in [-0.39, 0.29) is 49.0 Å². The molecule has 1 heterocycles. The molecule has 1 aliphatic heterocycles. The van der Waals surface area contributed by atoms with Crippen molar-refractivity contribution >= 4 is 23.6 Å². The molecule has 6 heteroatoms. The fourth-order valence-corrected chi connectivity index (χ4v) is 3.28. The van der Waals surface area contributed by atoms with Gasteiger partial charge in [-0.1, -0.05) is 57.2 Å². The molecule has 2 aromatic rings. The largest absolute Gasteiger partial charge is 0.457 e. The van der Waals surface area contributed by atoms with Crippen LogP contribution < -0.4 is 0 Å². The summed E-state index contributed by atoms with van der Waals surface area (Å²) in [6.45, 7) is 6.07. The van der Waals surface area contributed by atoms with Crippen LogP contribution in [-0.2, 0) is 14.9 Å². The maximum Gasteiger partial charge on any atom is 0.306 e. The molecule has 0 fully saturated rings. The van der Waals surface area contributed by atoms with Crippen LogP contribution in [0.3, 0.4) is 0 Å². The van der Waals surface area contributed by atoms with Gasteiger partial charge in [0, 0.05) is 18.5 Å². The molecular formula is C24H25NO5. The van der Waals surface area contributed by atoms with Crippen molar-refractivity contribution in [2.24, 2.45) is 0 Å². The number of hydrogen-bond donors (Lipinski definition) is 0. The van der Waals surface area contributed by atoms with Crippen LogP contribution in [0.1, 0.15) is 70.3 Å². The average molecular weight is 407 g/mol. The van der Waals surface area contributed by atoms with Gasteiger partial charge in [0.15, 0.2) is 12.4 Å². The number of ether oxygens (including phenoxy) is 1. The summed E-state index contributed by atoms with van der Waals surface area (Å²) in [4.78, 5) is 49.9. The molecule has 0 radical (unpaired) electrons. The third-order valence-electron chi connectivity index (χ3n) is 5.08. The number of imide groups is 1. The van der Waals surface area contributed by atoms with E-state index in [0.29, 0.717) is 16.7 Å². The molecule has 6 nitrogen and oxygen atoms in total. The van der Waals surface area contributed by atoms with Gasteiger partial charge in [-0.25, -0.2) is 0 Å². The van der Waals surface area contributed by atoms with Gasteiger partial charge in [0.2, 0.25) is 0 Å². The fourth-order valence-electron chi connectivity index (χ4n) is 3.28. The predicted octanol–water partition coefficient (Wildman–Crippen LogP) is 3.79. The quantitative estimate of drug-likeness (QED) is 0.396.